The van der Waals surface area contributed by atoms with Gasteiger partial charge in [-0.2, -0.15) is 0 Å². The summed E-state index contributed by atoms with van der Waals surface area (Å²) in [6.45, 7) is 0.899. The van der Waals surface area contributed by atoms with Crippen molar-refractivity contribution in [3.05, 3.63) is 83.4 Å². The predicted molar refractivity (Wildman–Crippen MR) is 184 cm³/mol. The average Bonchev–Trinajstić information content (AvgIpc) is 3.11. The van der Waals surface area contributed by atoms with Crippen LogP contribution in [0.4, 0.5) is 0 Å². The monoisotopic (exact) mass is 654 g/mol. The van der Waals surface area contributed by atoms with E-state index in [9.17, 15) is 20.4 Å². The van der Waals surface area contributed by atoms with Gasteiger partial charge in [0.05, 0.1) is 13.2 Å². The van der Waals surface area contributed by atoms with Crippen molar-refractivity contribution in [3.8, 4) is 109 Å². The third kappa shape index (κ3) is 10.9. The zero-order chi connectivity index (χ0) is 36.8. The van der Waals surface area contributed by atoms with E-state index in [0.717, 1.165) is 6.42 Å². The van der Waals surface area contributed by atoms with Gasteiger partial charge in [-0.1, -0.05) is 24.3 Å². The van der Waals surface area contributed by atoms with Crippen LogP contribution in [0.5, 0.6) is 57.5 Å². The molecule has 2 heterocycles. The highest BCUT2D eigenvalue weighted by Gasteiger charge is 2.34. The van der Waals surface area contributed by atoms with Gasteiger partial charge in [0, 0.05) is 40.8 Å². The van der Waals surface area contributed by atoms with Crippen molar-refractivity contribution in [2.45, 2.75) is 25.2 Å². The molecule has 48 heavy (non-hydrogen) atoms. The van der Waals surface area contributed by atoms with Gasteiger partial charge in [0.2, 0.25) is 0 Å². The van der Waals surface area contributed by atoms with Crippen molar-refractivity contribution in [3.63, 3.8) is 0 Å². The van der Waals surface area contributed by atoms with Crippen molar-refractivity contribution in [1.29, 1.82) is 0 Å². The molecule has 10 heteroatoms. The molecular formula is C38H38O10. The second-order valence-corrected chi connectivity index (χ2v) is 9.13. The van der Waals surface area contributed by atoms with Crippen LogP contribution in [0.25, 0.3) is 0 Å². The van der Waals surface area contributed by atoms with Crippen LogP contribution in [0.3, 0.4) is 0 Å². The first kappa shape index (κ1) is 41.1. The molecule has 4 aromatic rings. The molecule has 2 aliphatic rings. The van der Waals surface area contributed by atoms with Gasteiger partial charge in [0.15, 0.2) is 23.0 Å². The highest BCUT2D eigenvalue weighted by Crippen LogP contribution is 2.52. The van der Waals surface area contributed by atoms with E-state index in [2.05, 4.69) is 51.4 Å². The summed E-state index contributed by atoms with van der Waals surface area (Å²) in [4.78, 5) is 0. The zero-order valence-corrected chi connectivity index (χ0v) is 26.0. The van der Waals surface area contributed by atoms with Crippen molar-refractivity contribution < 1.29 is 50.3 Å². The van der Waals surface area contributed by atoms with E-state index in [1.54, 1.807) is 24.3 Å². The lowest BCUT2D eigenvalue weighted by atomic mass is 9.83. The van der Waals surface area contributed by atoms with Crippen LogP contribution in [0, 0.1) is 51.4 Å². The Kier molecular flexibility index (Phi) is 18.6. The van der Waals surface area contributed by atoms with Crippen molar-refractivity contribution in [2.75, 3.05) is 13.2 Å². The van der Waals surface area contributed by atoms with Crippen LogP contribution in [0.1, 0.15) is 35.4 Å². The van der Waals surface area contributed by atoms with Crippen LogP contribution >= 0.6 is 0 Å². The van der Waals surface area contributed by atoms with E-state index in [0.29, 0.717) is 54.2 Å². The number of fused-ring (bicyclic) bond motifs is 2. The predicted octanol–water partition coefficient (Wildman–Crippen LogP) is 5.94. The van der Waals surface area contributed by atoms with Crippen molar-refractivity contribution in [1.82, 2.24) is 0 Å². The number of ether oxygens (including phenoxy) is 2. The van der Waals surface area contributed by atoms with Crippen molar-refractivity contribution in [2.24, 2.45) is 0 Å². The van der Waals surface area contributed by atoms with Crippen LogP contribution in [0.15, 0.2) is 66.7 Å². The summed E-state index contributed by atoms with van der Waals surface area (Å²) in [7, 11) is 0. The van der Waals surface area contributed by atoms with Gasteiger partial charge in [-0.25, -0.2) is 0 Å². The average molecular weight is 655 g/mol. The topological polar surface area (TPSA) is 180 Å². The second-order valence-electron chi connectivity index (χ2n) is 9.13. The number of benzene rings is 4. The number of phenols is 8. The normalized spacial score (nSPS) is 12.6. The third-order valence-corrected chi connectivity index (χ3v) is 6.42. The molecule has 0 amide bonds. The van der Waals surface area contributed by atoms with Gasteiger partial charge in [-0.05, 0) is 43.5 Å². The molecule has 250 valence electrons. The molecule has 6 rings (SSSR count). The minimum Gasteiger partial charge on any atom is -0.508 e. The number of hydrogen-bond donors (Lipinski definition) is 8. The third-order valence-electron chi connectivity index (χ3n) is 6.42. The molecule has 0 radical (unpaired) electrons. The van der Waals surface area contributed by atoms with Gasteiger partial charge in [0.1, 0.15) is 34.5 Å². The smallest absolute Gasteiger partial charge is 0.157 e. The van der Waals surface area contributed by atoms with Crippen LogP contribution in [0.2, 0.25) is 0 Å². The first-order valence-electron chi connectivity index (χ1n) is 13.8. The second kappa shape index (κ2) is 21.8. The van der Waals surface area contributed by atoms with Crippen LogP contribution < -0.4 is 9.47 Å². The lowest BCUT2D eigenvalue weighted by Gasteiger charge is -2.31. The summed E-state index contributed by atoms with van der Waals surface area (Å²) in [5.74, 6) is 0.00476. The molecule has 1 atom stereocenters. The standard InChI is InChI=1S/C18H18O6.2C6H6O2.4C2H2/c19-9-6-13(21)16-11(3-5-23-15(16)7-9)17-14(22)8-12(20)10-2-1-4-24-18(10)17;2*7-5-3-1-2-4-6(5)8;4*1-2/h6-8,11,19-22H,1-5H2;2*1-4,7-8H;4*1-2H/t11-;;;;;;/m1....../s1. The lowest BCUT2D eigenvalue weighted by molar-refractivity contribution is 0.255. The molecule has 0 saturated carbocycles. The molecule has 10 nitrogen and oxygen atoms in total. The highest BCUT2D eigenvalue weighted by atomic mass is 16.5. The summed E-state index contributed by atoms with van der Waals surface area (Å²) < 4.78 is 11.3. The fourth-order valence-corrected chi connectivity index (χ4v) is 4.57. The minimum absolute atomic E-state index is 0.0214. The first-order valence-corrected chi connectivity index (χ1v) is 13.8. The Balaban J connectivity index is 0.000000758. The molecule has 2 aliphatic heterocycles. The number of phenolic OH excluding ortho intramolecular Hbond substituents is 8. The Hall–Kier alpha value is -6.88. The highest BCUT2D eigenvalue weighted by molar-refractivity contribution is 5.64. The number of para-hydroxylation sites is 4. The summed E-state index contributed by atoms with van der Waals surface area (Å²) in [5, 5.41) is 75.2. The maximum Gasteiger partial charge on any atom is 0.157 e. The Morgan fingerprint density at radius 2 is 0.958 bits per heavy atom. The van der Waals surface area contributed by atoms with E-state index in [-0.39, 0.29) is 51.9 Å². The summed E-state index contributed by atoms with van der Waals surface area (Å²) >= 11 is 0. The largest absolute Gasteiger partial charge is 0.508 e. The van der Waals surface area contributed by atoms with Gasteiger partial charge < -0.3 is 50.3 Å². The van der Waals surface area contributed by atoms with Gasteiger partial charge in [0.25, 0.3) is 0 Å². The Morgan fingerprint density at radius 3 is 1.42 bits per heavy atom. The van der Waals surface area contributed by atoms with Crippen LogP contribution in [-0.2, 0) is 6.42 Å². The van der Waals surface area contributed by atoms with Crippen molar-refractivity contribution >= 4 is 0 Å². The number of aromatic hydroxyl groups is 8. The number of hydrogen-bond acceptors (Lipinski definition) is 10. The minimum atomic E-state index is -0.346. The molecule has 0 bridgehead atoms. The maximum absolute atomic E-state index is 10.5. The van der Waals surface area contributed by atoms with E-state index >= 15 is 0 Å². The molecule has 4 aromatic carbocycles. The van der Waals surface area contributed by atoms with E-state index in [1.807, 2.05) is 0 Å². The molecule has 0 aliphatic carbocycles. The Morgan fingerprint density at radius 1 is 0.500 bits per heavy atom. The molecule has 8 N–H and O–H groups in total. The molecule has 0 fully saturated rings. The SMILES string of the molecule is C#C.C#C.C#C.C#C.Oc1cc(O)c2c(c1)OCC[C@H]2c1c(O)cc(O)c2c1OCCC2.Oc1ccccc1O.Oc1ccccc1O. The molecule has 0 spiro atoms. The van der Waals surface area contributed by atoms with E-state index in [1.165, 1.54) is 42.5 Å². The summed E-state index contributed by atoms with van der Waals surface area (Å²) in [5.41, 5.74) is 1.74. The molecule has 0 aromatic heterocycles. The molecule has 0 saturated heterocycles. The Labute approximate surface area is 280 Å². The molecule has 0 unspecified atom stereocenters. The fourth-order valence-electron chi connectivity index (χ4n) is 4.57. The summed E-state index contributed by atoms with van der Waals surface area (Å²) in [6.07, 6.45) is 34.0. The van der Waals surface area contributed by atoms with Gasteiger partial charge >= 0.3 is 0 Å². The van der Waals surface area contributed by atoms with E-state index < -0.39 is 0 Å². The summed E-state index contributed by atoms with van der Waals surface area (Å²) in [6, 6.07) is 16.3. The number of rotatable bonds is 1. The Bertz CT molecular complexity index is 1560. The fraction of sp³-hybridized carbons (Fsp3) is 0.158. The quantitative estimate of drug-likeness (QED) is 0.0904. The van der Waals surface area contributed by atoms with E-state index in [4.69, 9.17) is 29.9 Å². The van der Waals surface area contributed by atoms with Gasteiger partial charge in [-0.15, -0.1) is 51.4 Å². The molecular weight excluding hydrogens is 616 g/mol. The zero-order valence-electron chi connectivity index (χ0n) is 26.0. The number of terminal acetylenes is 4. The van der Waals surface area contributed by atoms with Gasteiger partial charge in [-0.3, -0.25) is 0 Å². The lowest BCUT2D eigenvalue weighted by Crippen LogP contribution is -2.18. The van der Waals surface area contributed by atoms with Crippen LogP contribution in [-0.4, -0.2) is 54.1 Å². The maximum atomic E-state index is 10.5. The first-order chi connectivity index (χ1) is 23.2.